The van der Waals surface area contributed by atoms with Crippen LogP contribution in [0, 0.1) is 6.92 Å². The smallest absolute Gasteiger partial charge is 0.253 e. The molecule has 3 N–H and O–H groups in total. The minimum atomic E-state index is -3.49. The number of halogens is 1. The maximum atomic E-state index is 13.1. The van der Waals surface area contributed by atoms with Crippen molar-refractivity contribution in [3.8, 4) is 0 Å². The van der Waals surface area contributed by atoms with Crippen molar-refractivity contribution in [2.45, 2.75) is 50.7 Å². The molecule has 1 fully saturated rings. The highest BCUT2D eigenvalue weighted by molar-refractivity contribution is 7.89. The monoisotopic (exact) mass is 567 g/mol. The van der Waals surface area contributed by atoms with Crippen molar-refractivity contribution in [1.29, 1.82) is 0 Å². The van der Waals surface area contributed by atoms with Crippen molar-refractivity contribution < 1.29 is 23.4 Å². The summed E-state index contributed by atoms with van der Waals surface area (Å²) >= 11 is 6.07. The molecule has 2 aromatic rings. The van der Waals surface area contributed by atoms with Crippen LogP contribution < -0.4 is 5.32 Å². The first kappa shape index (κ1) is 29.6. The molecule has 202 valence electrons. The Morgan fingerprint density at radius 3 is 2.54 bits per heavy atom. The number of amides is 1. The van der Waals surface area contributed by atoms with Gasteiger partial charge < -0.3 is 15.5 Å². The van der Waals surface area contributed by atoms with Crippen molar-refractivity contribution in [2.75, 3.05) is 25.4 Å². The second-order valence-electron chi connectivity index (χ2n) is 9.56. The van der Waals surface area contributed by atoms with Crippen molar-refractivity contribution >= 4 is 46.9 Å². The minimum absolute atomic E-state index is 0. The SMILES string of the molecule is Cc1cc(CC[C@H](O)CO)ccc1CCS(=O)(=O)N1CCC2(CC1)N=C(c1cccc(Cl)c1)NC2=O.S. The van der Waals surface area contributed by atoms with Crippen LogP contribution >= 0.6 is 25.1 Å². The van der Waals surface area contributed by atoms with Crippen LogP contribution in [-0.4, -0.2) is 71.8 Å². The lowest BCUT2D eigenvalue weighted by Crippen LogP contribution is -2.50. The van der Waals surface area contributed by atoms with E-state index in [4.69, 9.17) is 16.7 Å². The molecule has 2 aromatic carbocycles. The summed E-state index contributed by atoms with van der Waals surface area (Å²) < 4.78 is 27.6. The third kappa shape index (κ3) is 6.93. The second-order valence-corrected chi connectivity index (χ2v) is 12.1. The summed E-state index contributed by atoms with van der Waals surface area (Å²) in [6.07, 6.45) is 1.44. The summed E-state index contributed by atoms with van der Waals surface area (Å²) in [6.45, 7) is 2.18. The number of aliphatic imine (C=N–C) groups is 1. The quantitative estimate of drug-likeness (QED) is 0.430. The highest BCUT2D eigenvalue weighted by Crippen LogP contribution is 2.32. The van der Waals surface area contributed by atoms with Crippen LogP contribution in [-0.2, 0) is 27.7 Å². The molecule has 1 amide bonds. The summed E-state index contributed by atoms with van der Waals surface area (Å²) in [4.78, 5) is 17.5. The Labute approximate surface area is 230 Å². The van der Waals surface area contributed by atoms with E-state index in [1.807, 2.05) is 31.2 Å². The number of nitrogens with one attached hydrogen (secondary N) is 1. The number of hydrogen-bond donors (Lipinski definition) is 3. The lowest BCUT2D eigenvalue weighted by atomic mass is 9.89. The van der Waals surface area contributed by atoms with E-state index in [0.717, 1.165) is 22.3 Å². The molecule has 11 heteroatoms. The molecule has 2 aliphatic heterocycles. The van der Waals surface area contributed by atoms with E-state index in [-0.39, 0.29) is 44.9 Å². The van der Waals surface area contributed by atoms with Gasteiger partial charge in [0.1, 0.15) is 11.4 Å². The van der Waals surface area contributed by atoms with Gasteiger partial charge in [-0.15, -0.1) is 0 Å². The fourth-order valence-electron chi connectivity index (χ4n) is 4.75. The van der Waals surface area contributed by atoms with Crippen LogP contribution in [0.25, 0.3) is 0 Å². The number of carbonyl (C=O) groups excluding carboxylic acids is 1. The minimum Gasteiger partial charge on any atom is -0.394 e. The van der Waals surface area contributed by atoms with Crippen molar-refractivity contribution in [1.82, 2.24) is 9.62 Å². The first-order chi connectivity index (χ1) is 17.1. The lowest BCUT2D eigenvalue weighted by Gasteiger charge is -2.34. The van der Waals surface area contributed by atoms with Gasteiger partial charge in [-0.2, -0.15) is 13.5 Å². The molecule has 0 aromatic heterocycles. The summed E-state index contributed by atoms with van der Waals surface area (Å²) in [5, 5.41) is 21.9. The highest BCUT2D eigenvalue weighted by Gasteiger charge is 2.47. The molecule has 2 heterocycles. The Bertz CT molecular complexity index is 1260. The third-order valence-electron chi connectivity index (χ3n) is 7.03. The van der Waals surface area contributed by atoms with Gasteiger partial charge in [0.25, 0.3) is 5.91 Å². The highest BCUT2D eigenvalue weighted by atomic mass is 35.5. The van der Waals surface area contributed by atoms with Gasteiger partial charge in [-0.25, -0.2) is 12.7 Å². The van der Waals surface area contributed by atoms with E-state index in [1.165, 1.54) is 4.31 Å². The van der Waals surface area contributed by atoms with Crippen LogP contribution in [0.2, 0.25) is 5.02 Å². The summed E-state index contributed by atoms with van der Waals surface area (Å²) in [6, 6.07) is 13.0. The molecule has 37 heavy (non-hydrogen) atoms. The Morgan fingerprint density at radius 2 is 1.89 bits per heavy atom. The fraction of sp³-hybridized carbons (Fsp3) is 0.462. The van der Waals surface area contributed by atoms with Crippen LogP contribution in [0.1, 0.15) is 41.5 Å². The number of benzene rings is 2. The van der Waals surface area contributed by atoms with Gasteiger partial charge in [-0.3, -0.25) is 9.79 Å². The average molecular weight is 568 g/mol. The Balaban J connectivity index is 0.00000380. The Kier molecular flexibility index (Phi) is 9.82. The Hall–Kier alpha value is -1.95. The summed E-state index contributed by atoms with van der Waals surface area (Å²) in [7, 11) is -3.49. The van der Waals surface area contributed by atoms with Crippen LogP contribution in [0.4, 0.5) is 0 Å². The molecular weight excluding hydrogens is 534 g/mol. The number of hydrogen-bond acceptors (Lipinski definition) is 6. The number of sulfonamides is 1. The number of carbonyl (C=O) groups is 1. The van der Waals surface area contributed by atoms with Gasteiger partial charge in [-0.1, -0.05) is 41.9 Å². The number of amidine groups is 1. The van der Waals surface area contributed by atoms with E-state index in [2.05, 4.69) is 10.3 Å². The lowest BCUT2D eigenvalue weighted by molar-refractivity contribution is -0.124. The number of aliphatic hydroxyl groups is 2. The van der Waals surface area contributed by atoms with Crippen molar-refractivity contribution in [2.24, 2.45) is 4.99 Å². The zero-order valence-corrected chi connectivity index (χ0v) is 23.4. The largest absolute Gasteiger partial charge is 0.394 e. The molecule has 8 nitrogen and oxygen atoms in total. The molecule has 4 rings (SSSR count). The average Bonchev–Trinajstić information content (AvgIpc) is 3.17. The number of piperidine rings is 1. The second kappa shape index (κ2) is 12.3. The molecule has 1 spiro atoms. The van der Waals surface area contributed by atoms with Gasteiger partial charge in [0.2, 0.25) is 10.0 Å². The summed E-state index contributed by atoms with van der Waals surface area (Å²) in [5.41, 5.74) is 2.79. The molecule has 1 atom stereocenters. The molecule has 0 aliphatic carbocycles. The third-order valence-corrected chi connectivity index (χ3v) is 9.14. The zero-order chi connectivity index (χ0) is 25.9. The van der Waals surface area contributed by atoms with E-state index >= 15 is 0 Å². The normalized spacial score (nSPS) is 18.3. The van der Waals surface area contributed by atoms with Crippen molar-refractivity contribution in [3.63, 3.8) is 0 Å². The van der Waals surface area contributed by atoms with E-state index in [0.29, 0.717) is 43.0 Å². The van der Waals surface area contributed by atoms with Crippen LogP contribution in [0.3, 0.4) is 0 Å². The van der Waals surface area contributed by atoms with E-state index < -0.39 is 21.7 Å². The maximum absolute atomic E-state index is 13.1. The molecule has 0 unspecified atom stereocenters. The predicted octanol–water partition coefficient (Wildman–Crippen LogP) is 2.33. The molecule has 2 aliphatic rings. The molecule has 1 saturated heterocycles. The van der Waals surface area contributed by atoms with Crippen molar-refractivity contribution in [3.05, 3.63) is 69.7 Å². The van der Waals surface area contributed by atoms with Gasteiger partial charge in [-0.05, 0) is 67.9 Å². The molecular formula is C26H34ClN3O5S2. The van der Waals surface area contributed by atoms with Gasteiger partial charge in [0.15, 0.2) is 0 Å². The van der Waals surface area contributed by atoms with E-state index in [9.17, 15) is 18.3 Å². The first-order valence-electron chi connectivity index (χ1n) is 12.1. The first-order valence-corrected chi connectivity index (χ1v) is 14.1. The van der Waals surface area contributed by atoms with Gasteiger partial charge >= 0.3 is 0 Å². The molecule has 0 radical (unpaired) electrons. The van der Waals surface area contributed by atoms with E-state index in [1.54, 1.807) is 18.2 Å². The van der Waals surface area contributed by atoms with Crippen LogP contribution in [0.5, 0.6) is 0 Å². The standard InChI is InChI=1S/C26H32ClN3O5S.H2S/c1-18-15-19(6-8-23(32)17-31)5-7-20(18)9-14-36(34,35)30-12-10-26(11-13-30)25(33)28-24(29-26)21-3-2-4-22(27)16-21;/h2-5,7,15-16,23,31-32H,6,8-14,17H2,1H3,(H,28,29,33);1H2/t23-;/m0./s1. The number of aliphatic hydroxyl groups excluding tert-OH is 2. The summed E-state index contributed by atoms with van der Waals surface area (Å²) in [5.74, 6) is 0.271. The molecule has 0 bridgehead atoms. The number of aryl methyl sites for hydroxylation is 3. The maximum Gasteiger partial charge on any atom is 0.253 e. The predicted molar refractivity (Wildman–Crippen MR) is 150 cm³/mol. The number of rotatable bonds is 9. The van der Waals surface area contributed by atoms with Gasteiger partial charge in [0, 0.05) is 23.7 Å². The Morgan fingerprint density at radius 1 is 1.16 bits per heavy atom. The van der Waals surface area contributed by atoms with Gasteiger partial charge in [0.05, 0.1) is 18.5 Å². The molecule has 0 saturated carbocycles. The number of nitrogens with zero attached hydrogens (tertiary/aromatic N) is 2. The zero-order valence-electron chi connectivity index (χ0n) is 20.8. The fourth-order valence-corrected chi connectivity index (χ4v) is 6.41. The topological polar surface area (TPSA) is 119 Å². The van der Waals surface area contributed by atoms with Crippen LogP contribution in [0.15, 0.2) is 47.5 Å².